The zero-order chi connectivity index (χ0) is 14.8. The number of hydrogen-bond donors (Lipinski definition) is 1. The monoisotopic (exact) mass is 326 g/mol. The van der Waals surface area contributed by atoms with Crippen LogP contribution in [0.5, 0.6) is 0 Å². The average molecular weight is 327 g/mol. The predicted octanol–water partition coefficient (Wildman–Crippen LogP) is 1.94. The summed E-state index contributed by atoms with van der Waals surface area (Å²) in [6.45, 7) is 4.81. The second-order valence-corrected chi connectivity index (χ2v) is 6.41. The maximum absolute atomic E-state index is 13.0. The molecule has 0 saturated carbocycles. The van der Waals surface area contributed by atoms with Crippen LogP contribution in [0.4, 0.5) is 0 Å². The topological polar surface area (TPSA) is 50.2 Å². The Hall–Kier alpha value is -1.07. The van der Waals surface area contributed by atoms with Crippen LogP contribution in [0.2, 0.25) is 0 Å². The Morgan fingerprint density at radius 1 is 1.41 bits per heavy atom. The molecule has 1 aromatic heterocycles. The van der Waals surface area contributed by atoms with E-state index in [2.05, 4.69) is 22.2 Å². The number of piperidine rings is 1. The molecule has 0 bridgehead atoms. The molecule has 2 fully saturated rings. The fourth-order valence-electron chi connectivity index (χ4n) is 3.85. The van der Waals surface area contributed by atoms with Crippen molar-refractivity contribution in [1.29, 1.82) is 0 Å². The van der Waals surface area contributed by atoms with Crippen molar-refractivity contribution in [2.75, 3.05) is 19.6 Å². The van der Waals surface area contributed by atoms with Crippen molar-refractivity contribution in [2.24, 2.45) is 13.0 Å². The first-order valence-electron chi connectivity index (χ1n) is 8.20. The third-order valence-electron chi connectivity index (χ3n) is 5.07. The minimum atomic E-state index is 0. The van der Waals surface area contributed by atoms with Gasteiger partial charge in [0.15, 0.2) is 0 Å². The fourth-order valence-corrected chi connectivity index (χ4v) is 3.85. The van der Waals surface area contributed by atoms with E-state index in [-0.39, 0.29) is 24.2 Å². The predicted molar refractivity (Wildman–Crippen MR) is 89.2 cm³/mol. The lowest BCUT2D eigenvalue weighted by molar-refractivity contribution is -0.139. The Bertz CT molecular complexity index is 504. The van der Waals surface area contributed by atoms with Crippen LogP contribution in [0.1, 0.15) is 44.1 Å². The van der Waals surface area contributed by atoms with Crippen LogP contribution < -0.4 is 5.32 Å². The van der Waals surface area contributed by atoms with E-state index in [1.54, 1.807) is 0 Å². The second-order valence-electron chi connectivity index (χ2n) is 6.41. The van der Waals surface area contributed by atoms with Gasteiger partial charge in [0.2, 0.25) is 5.91 Å². The number of carbonyl (C=O) groups excluding carboxylic acids is 1. The Balaban J connectivity index is 0.00000176. The van der Waals surface area contributed by atoms with Crippen LogP contribution in [0.25, 0.3) is 0 Å². The molecule has 0 aromatic carbocycles. The Kier molecular flexibility index (Phi) is 5.87. The smallest absolute Gasteiger partial charge is 0.227 e. The van der Waals surface area contributed by atoms with E-state index in [9.17, 15) is 4.79 Å². The number of likely N-dealkylation sites (tertiary alicyclic amines) is 1. The molecule has 2 aliphatic heterocycles. The summed E-state index contributed by atoms with van der Waals surface area (Å²) in [6, 6.07) is 0.446. The number of nitrogens with one attached hydrogen (secondary N) is 1. The first-order valence-corrected chi connectivity index (χ1v) is 8.20. The van der Waals surface area contributed by atoms with Crippen LogP contribution in [0, 0.1) is 5.92 Å². The van der Waals surface area contributed by atoms with E-state index in [1.165, 1.54) is 18.4 Å². The molecule has 1 N–H and O–H groups in total. The van der Waals surface area contributed by atoms with E-state index in [0.29, 0.717) is 11.9 Å². The van der Waals surface area contributed by atoms with E-state index >= 15 is 0 Å². The fraction of sp³-hybridized carbons (Fsp3) is 0.750. The van der Waals surface area contributed by atoms with E-state index in [4.69, 9.17) is 0 Å². The van der Waals surface area contributed by atoms with Crippen LogP contribution in [0.15, 0.2) is 12.4 Å². The number of nitrogens with zero attached hydrogens (tertiary/aromatic N) is 3. The molecular formula is C16H27ClN4O. The molecule has 0 aliphatic carbocycles. The van der Waals surface area contributed by atoms with E-state index < -0.39 is 0 Å². The van der Waals surface area contributed by atoms with E-state index in [1.807, 2.05) is 24.1 Å². The third-order valence-corrected chi connectivity index (χ3v) is 5.07. The lowest BCUT2D eigenvalue weighted by Gasteiger charge is -2.37. The maximum atomic E-state index is 13.0. The van der Waals surface area contributed by atoms with Crippen molar-refractivity contribution in [1.82, 2.24) is 20.0 Å². The van der Waals surface area contributed by atoms with Gasteiger partial charge in [-0.3, -0.25) is 9.48 Å². The summed E-state index contributed by atoms with van der Waals surface area (Å²) in [6.07, 6.45) is 8.61. The Morgan fingerprint density at radius 2 is 2.23 bits per heavy atom. The van der Waals surface area contributed by atoms with Gasteiger partial charge in [0.1, 0.15) is 0 Å². The van der Waals surface area contributed by atoms with Gasteiger partial charge in [0, 0.05) is 44.8 Å². The Labute approximate surface area is 138 Å². The zero-order valence-corrected chi connectivity index (χ0v) is 14.3. The molecule has 3 heterocycles. The summed E-state index contributed by atoms with van der Waals surface area (Å²) in [5.41, 5.74) is 1.19. The summed E-state index contributed by atoms with van der Waals surface area (Å²) in [4.78, 5) is 15.2. The molecule has 1 unspecified atom stereocenters. The van der Waals surface area contributed by atoms with Crippen LogP contribution in [0.3, 0.4) is 0 Å². The molecule has 124 valence electrons. The lowest BCUT2D eigenvalue weighted by Crippen LogP contribution is -2.47. The SMILES string of the molecule is CCC1CCCCN1C(=O)[C@H]1CNC[C@@H]1c1cnn(C)c1.Cl. The van der Waals surface area contributed by atoms with Gasteiger partial charge in [0.25, 0.3) is 0 Å². The van der Waals surface area contributed by atoms with Gasteiger partial charge in [-0.2, -0.15) is 5.10 Å². The summed E-state index contributed by atoms with van der Waals surface area (Å²) < 4.78 is 1.82. The highest BCUT2D eigenvalue weighted by molar-refractivity contribution is 5.85. The molecule has 22 heavy (non-hydrogen) atoms. The quantitative estimate of drug-likeness (QED) is 0.923. The van der Waals surface area contributed by atoms with Crippen molar-refractivity contribution in [3.8, 4) is 0 Å². The summed E-state index contributed by atoms with van der Waals surface area (Å²) in [7, 11) is 1.93. The first-order chi connectivity index (χ1) is 10.2. The maximum Gasteiger partial charge on any atom is 0.227 e. The second kappa shape index (κ2) is 7.47. The Morgan fingerprint density at radius 3 is 2.91 bits per heavy atom. The van der Waals surface area contributed by atoms with Crippen molar-refractivity contribution < 1.29 is 4.79 Å². The molecule has 3 atom stereocenters. The number of rotatable bonds is 3. The lowest BCUT2D eigenvalue weighted by atomic mass is 9.88. The number of carbonyl (C=O) groups is 1. The molecule has 0 radical (unpaired) electrons. The van der Waals surface area contributed by atoms with Crippen molar-refractivity contribution in [2.45, 2.75) is 44.6 Å². The highest BCUT2D eigenvalue weighted by atomic mass is 35.5. The molecule has 3 rings (SSSR count). The van der Waals surface area contributed by atoms with Gasteiger partial charge < -0.3 is 10.2 Å². The molecule has 5 nitrogen and oxygen atoms in total. The number of hydrogen-bond acceptors (Lipinski definition) is 3. The number of amides is 1. The minimum absolute atomic E-state index is 0. The van der Waals surface area contributed by atoms with Crippen LogP contribution >= 0.6 is 12.4 Å². The number of aromatic nitrogens is 2. The standard InChI is InChI=1S/C16H26N4O.ClH/c1-3-13-6-4-5-7-20(13)16(21)15-10-17-9-14(15)12-8-18-19(2)11-12;/h8,11,13-15,17H,3-7,9-10H2,1-2H3;1H/t13?,14-,15+;/m1./s1. The van der Waals surface area contributed by atoms with Crippen LogP contribution in [-0.4, -0.2) is 46.3 Å². The molecule has 2 saturated heterocycles. The summed E-state index contributed by atoms with van der Waals surface area (Å²) >= 11 is 0. The van der Waals surface area contributed by atoms with Crippen molar-refractivity contribution in [3.63, 3.8) is 0 Å². The van der Waals surface area contributed by atoms with Crippen molar-refractivity contribution >= 4 is 18.3 Å². The molecule has 1 aromatic rings. The van der Waals surface area contributed by atoms with Crippen LogP contribution in [-0.2, 0) is 11.8 Å². The average Bonchev–Trinajstić information content (AvgIpc) is 3.14. The first kappa shape index (κ1) is 17.3. The highest BCUT2D eigenvalue weighted by Crippen LogP contribution is 2.31. The summed E-state index contributed by atoms with van der Waals surface area (Å²) in [5.74, 6) is 0.687. The van der Waals surface area contributed by atoms with Gasteiger partial charge in [-0.15, -0.1) is 12.4 Å². The van der Waals surface area contributed by atoms with Gasteiger partial charge >= 0.3 is 0 Å². The molecular weight excluding hydrogens is 300 g/mol. The molecule has 6 heteroatoms. The number of halogens is 1. The third kappa shape index (κ3) is 3.30. The van der Waals surface area contributed by atoms with Gasteiger partial charge in [-0.1, -0.05) is 6.92 Å². The minimum Gasteiger partial charge on any atom is -0.339 e. The highest BCUT2D eigenvalue weighted by Gasteiger charge is 2.39. The largest absolute Gasteiger partial charge is 0.339 e. The van der Waals surface area contributed by atoms with E-state index in [0.717, 1.165) is 32.5 Å². The number of aryl methyl sites for hydroxylation is 1. The van der Waals surface area contributed by atoms with Gasteiger partial charge in [0.05, 0.1) is 12.1 Å². The van der Waals surface area contributed by atoms with Crippen molar-refractivity contribution in [3.05, 3.63) is 18.0 Å². The van der Waals surface area contributed by atoms with Gasteiger partial charge in [-0.25, -0.2) is 0 Å². The molecule has 1 amide bonds. The molecule has 0 spiro atoms. The zero-order valence-electron chi connectivity index (χ0n) is 13.5. The molecule has 2 aliphatic rings. The summed E-state index contributed by atoms with van der Waals surface area (Å²) in [5, 5.41) is 7.66. The normalized spacial score (nSPS) is 28.5. The van der Waals surface area contributed by atoms with Gasteiger partial charge in [-0.05, 0) is 31.2 Å².